The average molecular weight is 384 g/mol. The highest BCUT2D eigenvalue weighted by molar-refractivity contribution is 6.12. The van der Waals surface area contributed by atoms with E-state index in [2.05, 4.69) is 15.2 Å². The Hall–Kier alpha value is -2.80. The van der Waals surface area contributed by atoms with Gasteiger partial charge in [-0.2, -0.15) is 0 Å². The number of aliphatic imine (C=N–C) groups is 1. The molecular weight excluding hydrogens is 362 g/mol. The summed E-state index contributed by atoms with van der Waals surface area (Å²) >= 11 is 0. The predicted molar refractivity (Wildman–Crippen MR) is 107 cm³/mol. The third-order valence-electron chi connectivity index (χ3n) is 5.44. The summed E-state index contributed by atoms with van der Waals surface area (Å²) < 4.78 is 28.7. The first-order valence-electron chi connectivity index (χ1n) is 9.28. The molecule has 2 aromatic carbocycles. The van der Waals surface area contributed by atoms with Crippen molar-refractivity contribution >= 4 is 29.2 Å². The minimum absolute atomic E-state index is 0.278. The molecule has 0 bridgehead atoms. The van der Waals surface area contributed by atoms with Crippen molar-refractivity contribution in [2.24, 2.45) is 4.99 Å². The number of amides is 1. The first kappa shape index (κ1) is 18.6. The maximum atomic E-state index is 14.6. The van der Waals surface area contributed by atoms with Crippen LogP contribution in [-0.2, 0) is 4.79 Å². The quantitative estimate of drug-likeness (QED) is 0.821. The number of carbonyl (C=O) groups is 1. The second-order valence-electron chi connectivity index (χ2n) is 7.43. The highest BCUT2D eigenvalue weighted by atomic mass is 19.1. The summed E-state index contributed by atoms with van der Waals surface area (Å²) in [4.78, 5) is 20.5. The molecule has 1 saturated heterocycles. The van der Waals surface area contributed by atoms with Gasteiger partial charge in [-0.15, -0.1) is 0 Å². The molecule has 2 unspecified atom stereocenters. The lowest BCUT2D eigenvalue weighted by molar-refractivity contribution is -0.115. The van der Waals surface area contributed by atoms with Gasteiger partial charge in [0.05, 0.1) is 11.4 Å². The molecule has 146 valence electrons. The lowest BCUT2D eigenvalue weighted by atomic mass is 10.0. The summed E-state index contributed by atoms with van der Waals surface area (Å²) in [5.41, 5.74) is 1.67. The molecule has 28 heavy (non-hydrogen) atoms. The molecule has 2 aliphatic heterocycles. The number of anilines is 2. The Bertz CT molecular complexity index is 944. The number of fused-ring (bicyclic) bond motifs is 1. The molecule has 1 fully saturated rings. The number of benzene rings is 2. The summed E-state index contributed by atoms with van der Waals surface area (Å²) in [5.74, 6) is -1.97. The van der Waals surface area contributed by atoms with Crippen molar-refractivity contribution in [3.8, 4) is 0 Å². The van der Waals surface area contributed by atoms with E-state index in [0.717, 1.165) is 19.5 Å². The van der Waals surface area contributed by atoms with Crippen molar-refractivity contribution < 1.29 is 13.6 Å². The predicted octanol–water partition coefficient (Wildman–Crippen LogP) is 3.54. The lowest BCUT2D eigenvalue weighted by Crippen LogP contribution is -2.31. The van der Waals surface area contributed by atoms with Crippen molar-refractivity contribution in [3.05, 3.63) is 53.6 Å². The smallest absolute Gasteiger partial charge is 0.237 e. The standard InChI is InChI=1S/C21H22F2N4O/c1-26(2)14-8-9-27(12-14)19-7-6-13(10-17(19)23)24-11-15-20-16(22)4-3-5-18(20)25-21(15)28/h3-7,10-11,14-15H,8-9,12H2,1-2H3,(H,25,28). The van der Waals surface area contributed by atoms with Crippen LogP contribution in [0, 0.1) is 11.6 Å². The SMILES string of the molecule is CN(C)C1CCN(c2ccc(N=CC3C(=O)Nc4cccc(F)c43)cc2F)C1. The van der Waals surface area contributed by atoms with Crippen LogP contribution in [0.3, 0.4) is 0 Å². The largest absolute Gasteiger partial charge is 0.368 e. The number of halogens is 2. The fraction of sp³-hybridized carbons (Fsp3) is 0.333. The molecule has 4 rings (SSSR count). The highest BCUT2D eigenvalue weighted by Crippen LogP contribution is 2.34. The van der Waals surface area contributed by atoms with Crippen LogP contribution in [0.15, 0.2) is 41.4 Å². The van der Waals surface area contributed by atoms with Gasteiger partial charge in [0.2, 0.25) is 5.91 Å². The molecule has 0 saturated carbocycles. The van der Waals surface area contributed by atoms with E-state index in [-0.39, 0.29) is 17.3 Å². The van der Waals surface area contributed by atoms with E-state index in [4.69, 9.17) is 0 Å². The Morgan fingerprint density at radius 1 is 1.21 bits per heavy atom. The number of hydrogen-bond donors (Lipinski definition) is 1. The van der Waals surface area contributed by atoms with E-state index in [1.54, 1.807) is 24.3 Å². The molecule has 5 nitrogen and oxygen atoms in total. The van der Waals surface area contributed by atoms with E-state index >= 15 is 0 Å². The number of nitrogens with zero attached hydrogens (tertiary/aromatic N) is 3. The van der Waals surface area contributed by atoms with Crippen LogP contribution in [0.2, 0.25) is 0 Å². The van der Waals surface area contributed by atoms with Gasteiger partial charge in [0.1, 0.15) is 17.6 Å². The number of likely N-dealkylation sites (N-methyl/N-ethyl adjacent to an activating group) is 1. The molecule has 2 aromatic rings. The van der Waals surface area contributed by atoms with Gasteiger partial charge in [0.15, 0.2) is 0 Å². The van der Waals surface area contributed by atoms with Gasteiger partial charge < -0.3 is 15.1 Å². The Labute approximate surface area is 162 Å². The van der Waals surface area contributed by atoms with E-state index in [9.17, 15) is 13.6 Å². The van der Waals surface area contributed by atoms with Crippen molar-refractivity contribution in [3.63, 3.8) is 0 Å². The monoisotopic (exact) mass is 384 g/mol. The van der Waals surface area contributed by atoms with Gasteiger partial charge in [-0.1, -0.05) is 6.07 Å². The summed E-state index contributed by atoms with van der Waals surface area (Å²) in [6.45, 7) is 1.59. The number of hydrogen-bond acceptors (Lipinski definition) is 4. The van der Waals surface area contributed by atoms with Crippen LogP contribution in [-0.4, -0.2) is 50.2 Å². The summed E-state index contributed by atoms with van der Waals surface area (Å²) in [6.07, 6.45) is 2.37. The molecule has 0 radical (unpaired) electrons. The van der Waals surface area contributed by atoms with E-state index in [1.165, 1.54) is 18.3 Å². The number of nitrogens with one attached hydrogen (secondary N) is 1. The Morgan fingerprint density at radius 3 is 2.75 bits per heavy atom. The van der Waals surface area contributed by atoms with Gasteiger partial charge in [0, 0.05) is 42.7 Å². The number of carbonyl (C=O) groups excluding carboxylic acids is 1. The van der Waals surface area contributed by atoms with Crippen molar-refractivity contribution in [1.29, 1.82) is 0 Å². The van der Waals surface area contributed by atoms with Gasteiger partial charge in [0.25, 0.3) is 0 Å². The number of rotatable bonds is 4. The zero-order valence-electron chi connectivity index (χ0n) is 15.8. The molecule has 1 N–H and O–H groups in total. The van der Waals surface area contributed by atoms with Crippen LogP contribution in [0.1, 0.15) is 17.9 Å². The van der Waals surface area contributed by atoms with Crippen molar-refractivity contribution in [2.75, 3.05) is 37.4 Å². The van der Waals surface area contributed by atoms with E-state index in [1.807, 2.05) is 19.0 Å². The molecule has 0 aromatic heterocycles. The van der Waals surface area contributed by atoms with Crippen molar-refractivity contribution in [1.82, 2.24) is 4.90 Å². The second kappa shape index (κ2) is 7.31. The molecule has 2 atom stereocenters. The molecule has 0 aliphatic carbocycles. The summed E-state index contributed by atoms with van der Waals surface area (Å²) in [5, 5.41) is 2.64. The van der Waals surface area contributed by atoms with E-state index in [0.29, 0.717) is 23.1 Å². The minimum atomic E-state index is -0.821. The molecule has 2 heterocycles. The average Bonchev–Trinajstić information content (AvgIpc) is 3.25. The summed E-state index contributed by atoms with van der Waals surface area (Å²) in [7, 11) is 4.06. The molecule has 2 aliphatic rings. The van der Waals surface area contributed by atoms with Gasteiger partial charge in [-0.05, 0) is 44.8 Å². The molecule has 1 amide bonds. The lowest BCUT2D eigenvalue weighted by Gasteiger charge is -2.22. The Morgan fingerprint density at radius 2 is 2.04 bits per heavy atom. The minimum Gasteiger partial charge on any atom is -0.368 e. The van der Waals surface area contributed by atoms with Gasteiger partial charge in [-0.3, -0.25) is 9.79 Å². The summed E-state index contributed by atoms with van der Waals surface area (Å²) in [6, 6.07) is 9.69. The third-order valence-corrected chi connectivity index (χ3v) is 5.44. The second-order valence-corrected chi connectivity index (χ2v) is 7.43. The first-order chi connectivity index (χ1) is 13.4. The zero-order valence-corrected chi connectivity index (χ0v) is 15.8. The van der Waals surface area contributed by atoms with Crippen LogP contribution < -0.4 is 10.2 Å². The van der Waals surface area contributed by atoms with Crippen LogP contribution >= 0.6 is 0 Å². The fourth-order valence-electron chi connectivity index (χ4n) is 3.82. The third kappa shape index (κ3) is 3.38. The Kier molecular flexibility index (Phi) is 4.85. The van der Waals surface area contributed by atoms with Crippen molar-refractivity contribution in [2.45, 2.75) is 18.4 Å². The maximum Gasteiger partial charge on any atom is 0.237 e. The normalized spacial score (nSPS) is 21.6. The molecule has 7 heteroatoms. The van der Waals surface area contributed by atoms with Gasteiger partial charge >= 0.3 is 0 Å². The first-order valence-corrected chi connectivity index (χ1v) is 9.28. The molecular formula is C21H22F2N4O. The molecule has 0 spiro atoms. The van der Waals surface area contributed by atoms with E-state index < -0.39 is 11.7 Å². The highest BCUT2D eigenvalue weighted by Gasteiger charge is 2.32. The van der Waals surface area contributed by atoms with Crippen LogP contribution in [0.4, 0.5) is 25.8 Å². The van der Waals surface area contributed by atoms with Crippen LogP contribution in [0.5, 0.6) is 0 Å². The zero-order chi connectivity index (χ0) is 19.8. The van der Waals surface area contributed by atoms with Crippen LogP contribution in [0.25, 0.3) is 0 Å². The Balaban J connectivity index is 1.53. The van der Waals surface area contributed by atoms with Gasteiger partial charge in [-0.25, -0.2) is 8.78 Å². The fourth-order valence-corrected chi connectivity index (χ4v) is 3.82. The maximum absolute atomic E-state index is 14.6. The topological polar surface area (TPSA) is 47.9 Å².